The molecule has 1 rings (SSSR count). The summed E-state index contributed by atoms with van der Waals surface area (Å²) < 4.78 is 10.2. The van der Waals surface area contributed by atoms with E-state index in [4.69, 9.17) is 9.47 Å². The number of methoxy groups -OCH3 is 1. The van der Waals surface area contributed by atoms with Crippen LogP contribution in [0, 0.1) is 0 Å². The minimum atomic E-state index is -0.623. The number of hydrogen-bond donors (Lipinski definition) is 1. The monoisotopic (exact) mass is 217 g/mol. The van der Waals surface area contributed by atoms with Gasteiger partial charge in [0.1, 0.15) is 11.7 Å². The Morgan fingerprint density at radius 1 is 1.40 bits per heavy atom. The van der Waals surface area contributed by atoms with Crippen LogP contribution in [0.2, 0.25) is 0 Å². The second kappa shape index (κ2) is 4.37. The van der Waals surface area contributed by atoms with Crippen LogP contribution in [-0.4, -0.2) is 54.1 Å². The third kappa shape index (κ3) is 3.35. The Kier molecular flexibility index (Phi) is 3.57. The minimum absolute atomic E-state index is 0.271. The smallest absolute Gasteiger partial charge is 0.410 e. The molecule has 5 heteroatoms. The summed E-state index contributed by atoms with van der Waals surface area (Å²) in [6.07, 6.45) is -1.33. The zero-order chi connectivity index (χ0) is 11.6. The molecule has 0 aliphatic carbocycles. The van der Waals surface area contributed by atoms with Crippen LogP contribution in [0.4, 0.5) is 4.79 Å². The van der Waals surface area contributed by atoms with E-state index in [1.54, 1.807) is 0 Å². The number of nitrogens with zero attached hydrogens (tertiary/aromatic N) is 1. The number of hydrogen-bond acceptors (Lipinski definition) is 4. The van der Waals surface area contributed by atoms with Gasteiger partial charge < -0.3 is 19.5 Å². The second-order valence-corrected chi connectivity index (χ2v) is 4.73. The maximum atomic E-state index is 11.6. The molecule has 2 atom stereocenters. The number of β-amino-alcohol motifs (C(OH)–C–C–N with tert-alkyl or cyclic N) is 1. The van der Waals surface area contributed by atoms with E-state index < -0.39 is 17.8 Å². The van der Waals surface area contributed by atoms with Gasteiger partial charge in [-0.15, -0.1) is 0 Å². The summed E-state index contributed by atoms with van der Waals surface area (Å²) in [5, 5.41) is 9.53. The van der Waals surface area contributed by atoms with E-state index in [0.29, 0.717) is 6.54 Å². The number of aliphatic hydroxyl groups is 1. The summed E-state index contributed by atoms with van der Waals surface area (Å²) >= 11 is 0. The van der Waals surface area contributed by atoms with Crippen LogP contribution in [0.15, 0.2) is 0 Å². The zero-order valence-electron chi connectivity index (χ0n) is 9.69. The molecule has 0 radical (unpaired) electrons. The summed E-state index contributed by atoms with van der Waals surface area (Å²) in [6, 6.07) is 0. The fourth-order valence-corrected chi connectivity index (χ4v) is 1.46. The Morgan fingerprint density at radius 3 is 2.40 bits per heavy atom. The van der Waals surface area contributed by atoms with Crippen LogP contribution in [-0.2, 0) is 9.47 Å². The van der Waals surface area contributed by atoms with Gasteiger partial charge in [-0.1, -0.05) is 0 Å². The number of ether oxygens (including phenoxy) is 2. The van der Waals surface area contributed by atoms with E-state index in [1.165, 1.54) is 12.0 Å². The molecule has 1 heterocycles. The van der Waals surface area contributed by atoms with Gasteiger partial charge in [0.2, 0.25) is 0 Å². The summed E-state index contributed by atoms with van der Waals surface area (Å²) in [5.41, 5.74) is -0.507. The first kappa shape index (κ1) is 12.3. The van der Waals surface area contributed by atoms with Gasteiger partial charge in [0.15, 0.2) is 0 Å². The summed E-state index contributed by atoms with van der Waals surface area (Å²) in [6.45, 7) is 6.08. The standard InChI is InChI=1S/C10H19NO4/c1-10(2,3)15-9(13)11-5-7(12)8(6-11)14-4/h7-8,12H,5-6H2,1-4H3/t7-,8-/m1/s1. The van der Waals surface area contributed by atoms with Gasteiger partial charge >= 0.3 is 6.09 Å². The molecular formula is C10H19NO4. The normalized spacial score (nSPS) is 26.9. The lowest BCUT2D eigenvalue weighted by Gasteiger charge is -2.24. The predicted molar refractivity (Wildman–Crippen MR) is 54.6 cm³/mol. The van der Waals surface area contributed by atoms with Gasteiger partial charge in [-0.3, -0.25) is 0 Å². The third-order valence-electron chi connectivity index (χ3n) is 2.19. The first-order valence-electron chi connectivity index (χ1n) is 5.02. The number of carbonyl (C=O) groups excluding carboxylic acids is 1. The van der Waals surface area contributed by atoms with Gasteiger partial charge in [-0.25, -0.2) is 4.79 Å². The number of aliphatic hydroxyl groups excluding tert-OH is 1. The first-order valence-corrected chi connectivity index (χ1v) is 5.02. The second-order valence-electron chi connectivity index (χ2n) is 4.73. The topological polar surface area (TPSA) is 59.0 Å². The minimum Gasteiger partial charge on any atom is -0.444 e. The molecule has 88 valence electrons. The van der Waals surface area contributed by atoms with Crippen LogP contribution in [0.25, 0.3) is 0 Å². The molecule has 0 saturated carbocycles. The Hall–Kier alpha value is -0.810. The molecule has 0 aromatic carbocycles. The molecule has 1 aliphatic heterocycles. The average Bonchev–Trinajstić information content (AvgIpc) is 2.43. The average molecular weight is 217 g/mol. The van der Waals surface area contributed by atoms with E-state index in [2.05, 4.69) is 0 Å². The van der Waals surface area contributed by atoms with Crippen LogP contribution in [0.5, 0.6) is 0 Å². The van der Waals surface area contributed by atoms with Crippen molar-refractivity contribution in [2.24, 2.45) is 0 Å². The van der Waals surface area contributed by atoms with Gasteiger partial charge in [-0.05, 0) is 20.8 Å². The van der Waals surface area contributed by atoms with Crippen molar-refractivity contribution in [3.05, 3.63) is 0 Å². The lowest BCUT2D eigenvalue weighted by molar-refractivity contribution is 0.0199. The molecule has 1 N–H and O–H groups in total. The highest BCUT2D eigenvalue weighted by molar-refractivity contribution is 5.68. The van der Waals surface area contributed by atoms with E-state index in [1.807, 2.05) is 20.8 Å². The molecule has 1 aliphatic rings. The zero-order valence-corrected chi connectivity index (χ0v) is 9.69. The van der Waals surface area contributed by atoms with Crippen molar-refractivity contribution in [3.63, 3.8) is 0 Å². The lowest BCUT2D eigenvalue weighted by atomic mass is 10.2. The largest absolute Gasteiger partial charge is 0.444 e. The highest BCUT2D eigenvalue weighted by atomic mass is 16.6. The number of carbonyl (C=O) groups is 1. The molecule has 0 spiro atoms. The molecule has 1 fully saturated rings. The molecule has 0 aromatic rings. The Balaban J connectivity index is 2.50. The van der Waals surface area contributed by atoms with E-state index in [0.717, 1.165) is 0 Å². The molecular weight excluding hydrogens is 198 g/mol. The molecule has 0 aromatic heterocycles. The van der Waals surface area contributed by atoms with Crippen molar-refractivity contribution in [2.45, 2.75) is 38.6 Å². The number of likely N-dealkylation sites (tertiary alicyclic amines) is 1. The number of amides is 1. The maximum Gasteiger partial charge on any atom is 0.410 e. The first-order chi connectivity index (χ1) is 6.83. The molecule has 5 nitrogen and oxygen atoms in total. The summed E-state index contributed by atoms with van der Waals surface area (Å²) in [4.78, 5) is 13.1. The Morgan fingerprint density at radius 2 is 2.00 bits per heavy atom. The van der Waals surface area contributed by atoms with Gasteiger partial charge in [0.05, 0.1) is 19.2 Å². The number of rotatable bonds is 1. The summed E-state index contributed by atoms with van der Waals surface area (Å²) in [7, 11) is 1.52. The highest BCUT2D eigenvalue weighted by Crippen LogP contribution is 2.17. The fourth-order valence-electron chi connectivity index (χ4n) is 1.46. The van der Waals surface area contributed by atoms with Gasteiger partial charge in [0.25, 0.3) is 0 Å². The van der Waals surface area contributed by atoms with Crippen LogP contribution >= 0.6 is 0 Å². The Bertz CT molecular complexity index is 236. The molecule has 1 saturated heterocycles. The van der Waals surface area contributed by atoms with Gasteiger partial charge in [0, 0.05) is 7.11 Å². The SMILES string of the molecule is CO[C@@H]1CN(C(=O)OC(C)(C)C)C[C@H]1O. The third-order valence-corrected chi connectivity index (χ3v) is 2.19. The lowest BCUT2D eigenvalue weighted by Crippen LogP contribution is -2.36. The quantitative estimate of drug-likeness (QED) is 0.699. The van der Waals surface area contributed by atoms with Crippen LogP contribution in [0.1, 0.15) is 20.8 Å². The van der Waals surface area contributed by atoms with Crippen LogP contribution in [0.3, 0.4) is 0 Å². The predicted octanol–water partition coefficient (Wildman–Crippen LogP) is 0.613. The fraction of sp³-hybridized carbons (Fsp3) is 0.900. The van der Waals surface area contributed by atoms with E-state index >= 15 is 0 Å². The molecule has 0 bridgehead atoms. The van der Waals surface area contributed by atoms with Crippen molar-refractivity contribution in [2.75, 3.05) is 20.2 Å². The van der Waals surface area contributed by atoms with Crippen molar-refractivity contribution in [1.29, 1.82) is 0 Å². The highest BCUT2D eigenvalue weighted by Gasteiger charge is 2.36. The summed E-state index contributed by atoms with van der Waals surface area (Å²) in [5.74, 6) is 0. The molecule has 15 heavy (non-hydrogen) atoms. The van der Waals surface area contributed by atoms with E-state index in [9.17, 15) is 9.90 Å². The van der Waals surface area contributed by atoms with Crippen molar-refractivity contribution >= 4 is 6.09 Å². The van der Waals surface area contributed by atoms with Crippen LogP contribution < -0.4 is 0 Å². The van der Waals surface area contributed by atoms with Gasteiger partial charge in [-0.2, -0.15) is 0 Å². The molecule has 1 amide bonds. The van der Waals surface area contributed by atoms with Crippen molar-refractivity contribution < 1.29 is 19.4 Å². The Labute approximate surface area is 90.0 Å². The van der Waals surface area contributed by atoms with Crippen molar-refractivity contribution in [3.8, 4) is 0 Å². The van der Waals surface area contributed by atoms with Crippen molar-refractivity contribution in [1.82, 2.24) is 4.90 Å². The van der Waals surface area contributed by atoms with E-state index in [-0.39, 0.29) is 12.6 Å². The maximum absolute atomic E-state index is 11.6. The molecule has 0 unspecified atom stereocenters.